The average Bonchev–Trinajstić information content (AvgIpc) is 3.22. The number of amides is 2. The lowest BCUT2D eigenvalue weighted by atomic mass is 10.0. The number of carbonyl (C=O) groups is 2. The number of rotatable bonds is 6. The predicted molar refractivity (Wildman–Crippen MR) is 107 cm³/mol. The van der Waals surface area contributed by atoms with E-state index in [1.807, 2.05) is 26.0 Å². The largest absolute Gasteiger partial charge is 0.459 e. The summed E-state index contributed by atoms with van der Waals surface area (Å²) in [5.74, 6) is 0.289. The van der Waals surface area contributed by atoms with E-state index in [2.05, 4.69) is 32.5 Å². The Morgan fingerprint density at radius 1 is 1.14 bits per heavy atom. The number of aromatic nitrogens is 1. The monoisotopic (exact) mass is 385 g/mol. The molecule has 8 nitrogen and oxygen atoms in total. The van der Waals surface area contributed by atoms with Gasteiger partial charge in [-0.2, -0.15) is 0 Å². The zero-order valence-electron chi connectivity index (χ0n) is 16.5. The number of hydrogen-bond donors (Lipinski definition) is 2. The molecule has 8 heteroatoms. The number of nitrogens with one attached hydrogen (secondary N) is 2. The van der Waals surface area contributed by atoms with E-state index < -0.39 is 11.9 Å². The van der Waals surface area contributed by atoms with Gasteiger partial charge in [0.25, 0.3) is 5.91 Å². The number of likely N-dealkylation sites (N-methyl/N-ethyl adjacent to an activating group) is 1. The first-order valence-electron chi connectivity index (χ1n) is 9.49. The summed E-state index contributed by atoms with van der Waals surface area (Å²) < 4.78 is 5.09. The van der Waals surface area contributed by atoms with Crippen LogP contribution in [0.3, 0.4) is 0 Å². The highest BCUT2D eigenvalue weighted by atomic mass is 16.3. The molecule has 150 valence electrons. The number of anilines is 2. The smallest absolute Gasteiger partial charge is 0.287 e. The van der Waals surface area contributed by atoms with Crippen molar-refractivity contribution in [1.29, 1.82) is 0 Å². The fraction of sp³-hybridized carbons (Fsp3) is 0.450. The molecular weight excluding hydrogens is 358 g/mol. The molecule has 2 amide bonds. The molecule has 0 spiro atoms. The second kappa shape index (κ2) is 8.88. The van der Waals surface area contributed by atoms with Gasteiger partial charge in [0.2, 0.25) is 5.91 Å². The molecule has 0 bridgehead atoms. The van der Waals surface area contributed by atoms with E-state index in [9.17, 15) is 9.59 Å². The average molecular weight is 385 g/mol. The molecule has 0 aromatic carbocycles. The maximum atomic E-state index is 12.7. The van der Waals surface area contributed by atoms with Gasteiger partial charge in [0.05, 0.1) is 18.1 Å². The Labute approximate surface area is 164 Å². The van der Waals surface area contributed by atoms with E-state index in [0.717, 1.165) is 32.0 Å². The van der Waals surface area contributed by atoms with Crippen LogP contribution >= 0.6 is 0 Å². The Kier molecular flexibility index (Phi) is 6.30. The number of piperazine rings is 1. The van der Waals surface area contributed by atoms with E-state index in [0.29, 0.717) is 5.69 Å². The fourth-order valence-corrected chi connectivity index (χ4v) is 3.06. The van der Waals surface area contributed by atoms with E-state index in [1.54, 1.807) is 18.3 Å². The normalized spacial score (nSPS) is 16.1. The lowest BCUT2D eigenvalue weighted by molar-refractivity contribution is -0.118. The van der Waals surface area contributed by atoms with Crippen molar-refractivity contribution in [3.63, 3.8) is 0 Å². The van der Waals surface area contributed by atoms with Gasteiger partial charge in [0.15, 0.2) is 5.76 Å². The first-order chi connectivity index (χ1) is 13.4. The third kappa shape index (κ3) is 4.89. The molecule has 3 rings (SSSR count). The van der Waals surface area contributed by atoms with Crippen molar-refractivity contribution >= 4 is 23.3 Å². The predicted octanol–water partition coefficient (Wildman–Crippen LogP) is 1.82. The zero-order valence-corrected chi connectivity index (χ0v) is 16.5. The summed E-state index contributed by atoms with van der Waals surface area (Å²) in [6, 6.07) is 6.25. The summed E-state index contributed by atoms with van der Waals surface area (Å²) in [4.78, 5) is 33.9. The maximum Gasteiger partial charge on any atom is 0.287 e. The van der Waals surface area contributed by atoms with Gasteiger partial charge >= 0.3 is 0 Å². The Hall–Kier alpha value is -2.87. The van der Waals surface area contributed by atoms with Crippen LogP contribution in [0.25, 0.3) is 0 Å². The molecule has 2 N–H and O–H groups in total. The van der Waals surface area contributed by atoms with Crippen LogP contribution in [0, 0.1) is 5.92 Å². The molecule has 1 fully saturated rings. The first kappa shape index (κ1) is 19.9. The van der Waals surface area contributed by atoms with Gasteiger partial charge < -0.3 is 24.9 Å². The van der Waals surface area contributed by atoms with E-state index in [-0.39, 0.29) is 17.6 Å². The van der Waals surface area contributed by atoms with Crippen LogP contribution in [0.4, 0.5) is 11.5 Å². The van der Waals surface area contributed by atoms with Crippen LogP contribution in [-0.4, -0.2) is 61.0 Å². The molecule has 0 saturated carbocycles. The molecule has 2 aromatic heterocycles. The minimum atomic E-state index is -0.685. The molecule has 1 atom stereocenters. The molecule has 1 aliphatic rings. The van der Waals surface area contributed by atoms with E-state index in [4.69, 9.17) is 4.42 Å². The molecule has 2 aromatic rings. The lowest BCUT2D eigenvalue weighted by Crippen LogP contribution is -2.47. The number of pyridine rings is 1. The van der Waals surface area contributed by atoms with Crippen LogP contribution in [0.15, 0.2) is 41.1 Å². The number of hydrogen-bond acceptors (Lipinski definition) is 6. The molecular formula is C20H27N5O3. The molecule has 1 aliphatic heterocycles. The summed E-state index contributed by atoms with van der Waals surface area (Å²) in [6.07, 6.45) is 3.07. The first-order valence-corrected chi connectivity index (χ1v) is 9.49. The van der Waals surface area contributed by atoms with E-state index >= 15 is 0 Å². The minimum absolute atomic E-state index is 0.0866. The van der Waals surface area contributed by atoms with Gasteiger partial charge in [-0.1, -0.05) is 13.8 Å². The molecule has 0 aliphatic carbocycles. The Morgan fingerprint density at radius 3 is 2.46 bits per heavy atom. The summed E-state index contributed by atoms with van der Waals surface area (Å²) in [7, 11) is 2.11. The zero-order chi connectivity index (χ0) is 20.1. The van der Waals surface area contributed by atoms with Gasteiger partial charge in [-0.25, -0.2) is 4.98 Å². The highest BCUT2D eigenvalue weighted by Crippen LogP contribution is 2.17. The highest BCUT2D eigenvalue weighted by Gasteiger charge is 2.26. The van der Waals surface area contributed by atoms with Crippen molar-refractivity contribution in [2.24, 2.45) is 5.92 Å². The molecule has 28 heavy (non-hydrogen) atoms. The standard InChI is InChI=1S/C20H27N5O3/c1-14(2)18(23-19(26)16-5-4-12-28-16)20(27)22-15-6-7-17(21-13-15)25-10-8-24(3)9-11-25/h4-7,12-14,18H,8-11H2,1-3H3,(H,22,27)(H,23,26). The quantitative estimate of drug-likeness (QED) is 0.788. The number of carbonyl (C=O) groups excluding carboxylic acids is 2. The second-order valence-corrected chi connectivity index (χ2v) is 7.36. The molecule has 1 unspecified atom stereocenters. The summed E-state index contributed by atoms with van der Waals surface area (Å²) in [5.41, 5.74) is 0.598. The second-order valence-electron chi connectivity index (χ2n) is 7.36. The van der Waals surface area contributed by atoms with Crippen molar-refractivity contribution in [3.8, 4) is 0 Å². The van der Waals surface area contributed by atoms with Crippen LogP contribution < -0.4 is 15.5 Å². The molecule has 3 heterocycles. The minimum Gasteiger partial charge on any atom is -0.459 e. The summed E-state index contributed by atoms with van der Waals surface area (Å²) in [6.45, 7) is 7.63. The van der Waals surface area contributed by atoms with Crippen molar-refractivity contribution in [1.82, 2.24) is 15.2 Å². The van der Waals surface area contributed by atoms with E-state index in [1.165, 1.54) is 6.26 Å². The Bertz CT molecular complexity index is 781. The van der Waals surface area contributed by atoms with Crippen LogP contribution in [0.2, 0.25) is 0 Å². The van der Waals surface area contributed by atoms with Gasteiger partial charge in [0, 0.05) is 26.2 Å². The fourth-order valence-electron chi connectivity index (χ4n) is 3.06. The van der Waals surface area contributed by atoms with Crippen LogP contribution in [0.1, 0.15) is 24.4 Å². The molecule has 0 radical (unpaired) electrons. The van der Waals surface area contributed by atoms with Crippen molar-refractivity contribution in [3.05, 3.63) is 42.5 Å². The van der Waals surface area contributed by atoms with Gasteiger partial charge in [-0.05, 0) is 37.2 Å². The third-order valence-corrected chi connectivity index (χ3v) is 4.82. The lowest BCUT2D eigenvalue weighted by Gasteiger charge is -2.33. The van der Waals surface area contributed by atoms with Crippen molar-refractivity contribution in [2.75, 3.05) is 43.4 Å². The summed E-state index contributed by atoms with van der Waals surface area (Å²) >= 11 is 0. The van der Waals surface area contributed by atoms with Gasteiger partial charge in [-0.15, -0.1) is 0 Å². The highest BCUT2D eigenvalue weighted by molar-refractivity contribution is 6.00. The van der Waals surface area contributed by atoms with Crippen molar-refractivity contribution in [2.45, 2.75) is 19.9 Å². The Morgan fingerprint density at radius 2 is 1.89 bits per heavy atom. The topological polar surface area (TPSA) is 90.7 Å². The summed E-state index contributed by atoms with van der Waals surface area (Å²) in [5, 5.41) is 5.57. The van der Waals surface area contributed by atoms with Gasteiger partial charge in [-0.3, -0.25) is 9.59 Å². The van der Waals surface area contributed by atoms with Crippen molar-refractivity contribution < 1.29 is 14.0 Å². The molecule has 1 saturated heterocycles. The van der Waals surface area contributed by atoms with Crippen LogP contribution in [-0.2, 0) is 4.79 Å². The Balaban J connectivity index is 1.60. The maximum absolute atomic E-state index is 12.7. The van der Waals surface area contributed by atoms with Gasteiger partial charge in [0.1, 0.15) is 11.9 Å². The third-order valence-electron chi connectivity index (χ3n) is 4.82. The van der Waals surface area contributed by atoms with Crippen LogP contribution in [0.5, 0.6) is 0 Å². The SMILES string of the molecule is CC(C)C(NC(=O)c1ccco1)C(=O)Nc1ccc(N2CCN(C)CC2)nc1. The number of nitrogens with zero attached hydrogens (tertiary/aromatic N) is 3. The number of furan rings is 1.